The van der Waals surface area contributed by atoms with Gasteiger partial charge in [-0.2, -0.15) is 0 Å². The zero-order chi connectivity index (χ0) is 55.5. The molecule has 0 aliphatic rings. The maximum atomic E-state index is 12.5. The monoisotopic (exact) mass is 1080 g/mol. The lowest BCUT2D eigenvalue weighted by Crippen LogP contribution is -2.45. The van der Waals surface area contributed by atoms with Crippen LogP contribution in [0.2, 0.25) is 0 Å². The van der Waals surface area contributed by atoms with Crippen LogP contribution in [0, 0.1) is 0 Å². The van der Waals surface area contributed by atoms with Crippen molar-refractivity contribution in [3.63, 3.8) is 0 Å². The van der Waals surface area contributed by atoms with E-state index in [0.29, 0.717) is 6.42 Å². The highest BCUT2D eigenvalue weighted by molar-refractivity contribution is 5.76. The number of amides is 1. The Balaban J connectivity index is 3.42. The highest BCUT2D eigenvalue weighted by Crippen LogP contribution is 2.19. The second-order valence-corrected chi connectivity index (χ2v) is 24.3. The van der Waals surface area contributed by atoms with Crippen LogP contribution in [0.1, 0.15) is 393 Å². The molecule has 0 saturated heterocycles. The molecule has 3 N–H and O–H groups in total. The van der Waals surface area contributed by atoms with Gasteiger partial charge in [-0.05, 0) is 70.6 Å². The molecule has 77 heavy (non-hydrogen) atoms. The number of carbonyl (C=O) groups excluding carboxylic acids is 1. The van der Waals surface area contributed by atoms with Gasteiger partial charge < -0.3 is 15.5 Å². The number of nitrogens with one attached hydrogen (secondary N) is 1. The van der Waals surface area contributed by atoms with Crippen LogP contribution in [0.25, 0.3) is 0 Å². The van der Waals surface area contributed by atoms with E-state index in [-0.39, 0.29) is 12.5 Å². The number of aliphatic hydroxyl groups excluding tert-OH is 2. The maximum absolute atomic E-state index is 12.5. The number of hydrogen-bond donors (Lipinski definition) is 3. The predicted molar refractivity (Wildman–Crippen MR) is 345 cm³/mol. The maximum Gasteiger partial charge on any atom is 0.220 e. The van der Waals surface area contributed by atoms with E-state index in [0.717, 1.165) is 38.5 Å². The van der Waals surface area contributed by atoms with Gasteiger partial charge in [0.1, 0.15) is 0 Å². The van der Waals surface area contributed by atoms with Gasteiger partial charge in [0.2, 0.25) is 5.91 Å². The summed E-state index contributed by atoms with van der Waals surface area (Å²) in [5.74, 6) is -0.0705. The third kappa shape index (κ3) is 65.0. The summed E-state index contributed by atoms with van der Waals surface area (Å²) in [6.45, 7) is 4.33. The van der Waals surface area contributed by atoms with E-state index in [1.54, 1.807) is 6.08 Å². The third-order valence-corrected chi connectivity index (χ3v) is 16.5. The van der Waals surface area contributed by atoms with Crippen molar-refractivity contribution in [3.05, 3.63) is 48.6 Å². The number of carbonyl (C=O) groups is 1. The first-order valence-electron chi connectivity index (χ1n) is 35.4. The molecule has 0 spiro atoms. The molecule has 0 aliphatic heterocycles. The Morgan fingerprint density at radius 1 is 0.299 bits per heavy atom. The Labute approximate surface area is 484 Å². The summed E-state index contributed by atoms with van der Waals surface area (Å²) in [5, 5.41) is 23.2. The van der Waals surface area contributed by atoms with Crippen molar-refractivity contribution in [2.45, 2.75) is 405 Å². The quantitative estimate of drug-likeness (QED) is 0.0420. The number of unbranched alkanes of at least 4 members (excludes halogenated alkanes) is 53. The molecule has 0 radical (unpaired) electrons. The Morgan fingerprint density at radius 3 is 0.753 bits per heavy atom. The first-order valence-corrected chi connectivity index (χ1v) is 35.4. The van der Waals surface area contributed by atoms with E-state index in [9.17, 15) is 15.0 Å². The van der Waals surface area contributed by atoms with Crippen molar-refractivity contribution in [1.82, 2.24) is 5.32 Å². The molecule has 0 aliphatic carbocycles. The predicted octanol–water partition coefficient (Wildman–Crippen LogP) is 24.1. The summed E-state index contributed by atoms with van der Waals surface area (Å²) in [6, 6.07) is -0.646. The lowest BCUT2D eigenvalue weighted by atomic mass is 10.0. The Bertz CT molecular complexity index is 1220. The van der Waals surface area contributed by atoms with Crippen molar-refractivity contribution in [1.29, 1.82) is 0 Å². The standard InChI is InChI=1S/C73H139NO3/c1-3-5-7-9-11-13-15-17-19-21-23-25-27-29-30-31-32-33-34-35-36-37-38-39-40-41-42-43-44-45-47-49-51-53-55-57-59-61-63-65-67-69-73(77)74-71(70-75)72(76)68-66-64-62-60-58-56-54-52-50-48-46-28-26-24-22-20-18-16-14-12-10-8-6-4-2/h21,23,50,52,58,60,66,68,71-72,75-76H,3-20,22,24-49,51,53-57,59,61-65,67,69-70H2,1-2H3,(H,74,77)/b23-21-,52-50+,60-58+,68-66+. The topological polar surface area (TPSA) is 69.6 Å². The van der Waals surface area contributed by atoms with E-state index in [1.165, 1.54) is 334 Å². The second-order valence-electron chi connectivity index (χ2n) is 24.3. The van der Waals surface area contributed by atoms with Crippen molar-refractivity contribution < 1.29 is 15.0 Å². The summed E-state index contributed by atoms with van der Waals surface area (Å²) in [6.07, 6.45) is 96.5. The van der Waals surface area contributed by atoms with E-state index in [1.807, 2.05) is 6.08 Å². The highest BCUT2D eigenvalue weighted by Gasteiger charge is 2.18. The van der Waals surface area contributed by atoms with Gasteiger partial charge in [-0.15, -0.1) is 0 Å². The molecule has 0 rings (SSSR count). The lowest BCUT2D eigenvalue weighted by molar-refractivity contribution is -0.123. The fourth-order valence-electron chi connectivity index (χ4n) is 11.2. The summed E-state index contributed by atoms with van der Waals surface area (Å²) in [4.78, 5) is 12.5. The van der Waals surface area contributed by atoms with Gasteiger partial charge in [0.25, 0.3) is 0 Å². The van der Waals surface area contributed by atoms with Crippen LogP contribution in [-0.4, -0.2) is 34.9 Å². The first-order chi connectivity index (χ1) is 38.2. The molecule has 0 heterocycles. The lowest BCUT2D eigenvalue weighted by Gasteiger charge is -2.19. The van der Waals surface area contributed by atoms with Gasteiger partial charge in [-0.3, -0.25) is 4.79 Å². The van der Waals surface area contributed by atoms with Crippen LogP contribution >= 0.6 is 0 Å². The van der Waals surface area contributed by atoms with Crippen LogP contribution in [0.3, 0.4) is 0 Å². The second kappa shape index (κ2) is 68.6. The molecule has 4 heteroatoms. The van der Waals surface area contributed by atoms with Crippen molar-refractivity contribution in [2.24, 2.45) is 0 Å². The average Bonchev–Trinajstić information content (AvgIpc) is 3.43. The van der Waals surface area contributed by atoms with Gasteiger partial charge in [0, 0.05) is 6.42 Å². The molecule has 0 aromatic carbocycles. The first kappa shape index (κ1) is 75.3. The largest absolute Gasteiger partial charge is 0.394 e. The van der Waals surface area contributed by atoms with Gasteiger partial charge in [-0.25, -0.2) is 0 Å². The number of aliphatic hydroxyl groups is 2. The number of allylic oxidation sites excluding steroid dienone is 7. The fraction of sp³-hybridized carbons (Fsp3) is 0.877. The fourth-order valence-corrected chi connectivity index (χ4v) is 11.2. The molecule has 0 saturated carbocycles. The van der Waals surface area contributed by atoms with Crippen LogP contribution in [0.4, 0.5) is 0 Å². The molecule has 2 atom stereocenters. The molecule has 0 aromatic heterocycles. The van der Waals surface area contributed by atoms with E-state index in [2.05, 4.69) is 55.6 Å². The molecule has 1 amide bonds. The average molecular weight is 1080 g/mol. The van der Waals surface area contributed by atoms with Crippen LogP contribution in [0.5, 0.6) is 0 Å². The molecule has 0 fully saturated rings. The summed E-state index contributed by atoms with van der Waals surface area (Å²) < 4.78 is 0. The zero-order valence-electron chi connectivity index (χ0n) is 52.5. The molecule has 0 bridgehead atoms. The molecular weight excluding hydrogens is 939 g/mol. The Kier molecular flexibility index (Phi) is 67.2. The molecule has 4 nitrogen and oxygen atoms in total. The smallest absolute Gasteiger partial charge is 0.220 e. The summed E-state index contributed by atoms with van der Waals surface area (Å²) in [5.41, 5.74) is 0. The Hall–Kier alpha value is -1.65. The van der Waals surface area contributed by atoms with Crippen LogP contribution < -0.4 is 5.32 Å². The van der Waals surface area contributed by atoms with E-state index in [4.69, 9.17) is 0 Å². The van der Waals surface area contributed by atoms with Gasteiger partial charge in [0.15, 0.2) is 0 Å². The number of rotatable bonds is 66. The van der Waals surface area contributed by atoms with Gasteiger partial charge in [0.05, 0.1) is 18.8 Å². The molecule has 0 aromatic rings. The number of hydrogen-bond acceptors (Lipinski definition) is 3. The van der Waals surface area contributed by atoms with E-state index < -0.39 is 12.1 Å². The minimum absolute atomic E-state index is 0.0705. The third-order valence-electron chi connectivity index (χ3n) is 16.5. The van der Waals surface area contributed by atoms with Crippen LogP contribution in [-0.2, 0) is 4.79 Å². The SMILES string of the molecule is CCCCCCCCCC/C=C\CCCCCCCCCCCCCCCCCCCCCCCCCCCCCCCC(=O)NC(CO)C(O)/C=C/CC/C=C/CC/C=C/CCCCCCCCCCCCCCCC. The minimum atomic E-state index is -0.871. The van der Waals surface area contributed by atoms with Crippen molar-refractivity contribution in [3.8, 4) is 0 Å². The normalized spacial score (nSPS) is 12.9. The molecule has 454 valence electrons. The van der Waals surface area contributed by atoms with Crippen molar-refractivity contribution >= 4 is 5.91 Å². The Morgan fingerprint density at radius 2 is 0.506 bits per heavy atom. The van der Waals surface area contributed by atoms with Gasteiger partial charge in [-0.1, -0.05) is 364 Å². The van der Waals surface area contributed by atoms with Gasteiger partial charge >= 0.3 is 0 Å². The zero-order valence-corrected chi connectivity index (χ0v) is 52.5. The summed E-state index contributed by atoms with van der Waals surface area (Å²) in [7, 11) is 0. The van der Waals surface area contributed by atoms with Crippen LogP contribution in [0.15, 0.2) is 48.6 Å². The molecular formula is C73H139NO3. The van der Waals surface area contributed by atoms with Crippen molar-refractivity contribution in [2.75, 3.05) is 6.61 Å². The molecule has 2 unspecified atom stereocenters. The van der Waals surface area contributed by atoms with E-state index >= 15 is 0 Å². The summed E-state index contributed by atoms with van der Waals surface area (Å²) >= 11 is 0. The highest BCUT2D eigenvalue weighted by atomic mass is 16.3. The minimum Gasteiger partial charge on any atom is -0.394 e.